The molecule has 1 amide bonds. The highest BCUT2D eigenvalue weighted by atomic mass is 32.1. The van der Waals surface area contributed by atoms with Crippen LogP contribution in [0.1, 0.15) is 24.2 Å². The number of para-hydroxylation sites is 1. The van der Waals surface area contributed by atoms with Gasteiger partial charge in [0.25, 0.3) is 0 Å². The van der Waals surface area contributed by atoms with Crippen LogP contribution in [-0.4, -0.2) is 31.9 Å². The molecular weight excluding hydrogens is 377 g/mol. The Hall–Kier alpha value is -2.15. The van der Waals surface area contributed by atoms with E-state index in [0.29, 0.717) is 5.75 Å². The number of ether oxygens (including phenoxy) is 2. The summed E-state index contributed by atoms with van der Waals surface area (Å²) in [6.45, 7) is 5.17. The Bertz CT molecular complexity index is 820. The second kappa shape index (κ2) is 8.98. The van der Waals surface area contributed by atoms with Gasteiger partial charge in [0, 0.05) is 12.0 Å². The molecule has 2 rings (SSSR count). The fourth-order valence-corrected chi connectivity index (χ4v) is 5.20. The van der Waals surface area contributed by atoms with E-state index < -0.39 is 19.4 Å². The summed E-state index contributed by atoms with van der Waals surface area (Å²) < 4.78 is 28.5. The fraction of sp³-hybridized carbons (Fsp3) is 0.294. The minimum Gasteiger partial charge on any atom is -0.462 e. The first-order chi connectivity index (χ1) is 12.4. The van der Waals surface area contributed by atoms with Crippen LogP contribution in [0, 0.1) is 0 Å². The Morgan fingerprint density at radius 1 is 1.15 bits per heavy atom. The highest BCUT2D eigenvalue weighted by Gasteiger charge is 2.32. The van der Waals surface area contributed by atoms with Crippen molar-refractivity contribution in [3.63, 3.8) is 0 Å². The molecule has 1 aromatic heterocycles. The molecule has 0 spiro atoms. The molecule has 9 heteroatoms. The number of rotatable bonds is 7. The van der Waals surface area contributed by atoms with E-state index in [4.69, 9.17) is 14.0 Å². The van der Waals surface area contributed by atoms with Crippen molar-refractivity contribution >= 4 is 41.1 Å². The average molecular weight is 397 g/mol. The van der Waals surface area contributed by atoms with Gasteiger partial charge in [0.2, 0.25) is 7.37 Å². The SMILES string of the molecule is CCOC(=O)c1c(NC(=O)Oc2ccccc2)csc1P(C)(=O)OCC. The zero-order valence-electron chi connectivity index (χ0n) is 14.7. The molecule has 0 saturated heterocycles. The first-order valence-electron chi connectivity index (χ1n) is 7.94. The van der Waals surface area contributed by atoms with Crippen LogP contribution in [0.5, 0.6) is 5.75 Å². The highest BCUT2D eigenvalue weighted by Crippen LogP contribution is 2.46. The number of esters is 1. The number of nitrogens with one attached hydrogen (secondary N) is 1. The lowest BCUT2D eigenvalue weighted by atomic mass is 10.3. The minimum absolute atomic E-state index is 0.0288. The Labute approximate surface area is 155 Å². The Balaban J connectivity index is 2.30. The molecule has 2 aromatic rings. The number of carbonyl (C=O) groups is 2. The van der Waals surface area contributed by atoms with Gasteiger partial charge >= 0.3 is 12.1 Å². The van der Waals surface area contributed by atoms with E-state index in [9.17, 15) is 14.2 Å². The van der Waals surface area contributed by atoms with E-state index in [0.717, 1.165) is 11.3 Å². The summed E-state index contributed by atoms with van der Waals surface area (Å²) in [4.78, 5) is 24.5. The average Bonchev–Trinajstić information content (AvgIpc) is 3.00. The second-order valence-electron chi connectivity index (χ2n) is 5.14. The van der Waals surface area contributed by atoms with Crippen molar-refractivity contribution in [3.05, 3.63) is 41.3 Å². The third kappa shape index (κ3) is 4.94. The molecule has 1 aromatic carbocycles. The zero-order chi connectivity index (χ0) is 19.2. The van der Waals surface area contributed by atoms with E-state index in [1.54, 1.807) is 44.2 Å². The molecule has 0 bridgehead atoms. The van der Waals surface area contributed by atoms with E-state index in [-0.39, 0.29) is 29.1 Å². The summed E-state index contributed by atoms with van der Waals surface area (Å²) in [6.07, 6.45) is -0.770. The van der Waals surface area contributed by atoms with E-state index >= 15 is 0 Å². The second-order valence-corrected chi connectivity index (χ2v) is 8.72. The van der Waals surface area contributed by atoms with Crippen LogP contribution in [0.4, 0.5) is 10.5 Å². The third-order valence-electron chi connectivity index (χ3n) is 3.19. The molecule has 7 nitrogen and oxygen atoms in total. The van der Waals surface area contributed by atoms with Gasteiger partial charge in [0.05, 0.1) is 18.9 Å². The van der Waals surface area contributed by atoms with Crippen molar-refractivity contribution < 1.29 is 28.2 Å². The molecule has 1 N–H and O–H groups in total. The molecule has 1 atom stereocenters. The van der Waals surface area contributed by atoms with E-state index in [1.165, 1.54) is 12.0 Å². The van der Waals surface area contributed by atoms with Crippen molar-refractivity contribution in [1.82, 2.24) is 0 Å². The summed E-state index contributed by atoms with van der Waals surface area (Å²) in [5.41, 5.74) is 0.201. The van der Waals surface area contributed by atoms with Crippen LogP contribution < -0.4 is 14.7 Å². The summed E-state index contributed by atoms with van der Waals surface area (Å²) in [5, 5.41) is 4.02. The molecule has 0 aliphatic carbocycles. The van der Waals surface area contributed by atoms with Gasteiger partial charge in [0.15, 0.2) is 0 Å². The summed E-state index contributed by atoms with van der Waals surface area (Å²) in [7, 11) is -3.22. The molecule has 1 heterocycles. The summed E-state index contributed by atoms with van der Waals surface area (Å²) in [6, 6.07) is 8.50. The molecule has 0 aliphatic heterocycles. The first kappa shape index (κ1) is 20.2. The first-order valence-corrected chi connectivity index (χ1v) is 10.9. The molecule has 1 unspecified atom stereocenters. The van der Waals surface area contributed by atoms with Crippen molar-refractivity contribution in [1.29, 1.82) is 0 Å². The number of benzene rings is 1. The van der Waals surface area contributed by atoms with Gasteiger partial charge in [-0.1, -0.05) is 18.2 Å². The maximum Gasteiger partial charge on any atom is 0.417 e. The molecule has 0 fully saturated rings. The van der Waals surface area contributed by atoms with Crippen LogP contribution in [0.2, 0.25) is 0 Å². The largest absolute Gasteiger partial charge is 0.462 e. The van der Waals surface area contributed by atoms with Crippen molar-refractivity contribution in [2.24, 2.45) is 0 Å². The molecule has 26 heavy (non-hydrogen) atoms. The van der Waals surface area contributed by atoms with Gasteiger partial charge < -0.3 is 14.0 Å². The Morgan fingerprint density at radius 3 is 2.46 bits per heavy atom. The predicted molar refractivity (Wildman–Crippen MR) is 101 cm³/mol. The van der Waals surface area contributed by atoms with Gasteiger partial charge in [-0.15, -0.1) is 11.3 Å². The maximum atomic E-state index is 12.8. The van der Waals surface area contributed by atoms with Gasteiger partial charge in [-0.3, -0.25) is 9.88 Å². The molecule has 0 radical (unpaired) electrons. The maximum absolute atomic E-state index is 12.8. The number of anilines is 1. The standard InChI is InChI=1S/C17H20NO6PS/c1-4-22-15(19)14-13(11-26-16(14)25(3,21)23-5-2)18-17(20)24-12-9-7-6-8-10-12/h6-11H,4-5H2,1-3H3,(H,18,20). The van der Waals surface area contributed by atoms with E-state index in [1.807, 2.05) is 0 Å². The van der Waals surface area contributed by atoms with Crippen molar-refractivity contribution in [3.8, 4) is 5.75 Å². The number of carbonyl (C=O) groups excluding carboxylic acids is 2. The number of hydrogen-bond acceptors (Lipinski definition) is 7. The van der Waals surface area contributed by atoms with Crippen molar-refractivity contribution in [2.45, 2.75) is 13.8 Å². The molecule has 140 valence electrons. The smallest absolute Gasteiger partial charge is 0.417 e. The fourth-order valence-electron chi connectivity index (χ4n) is 2.18. The van der Waals surface area contributed by atoms with Gasteiger partial charge in [-0.2, -0.15) is 0 Å². The molecular formula is C17H20NO6PS. The molecule has 0 aliphatic rings. The summed E-state index contributed by atoms with van der Waals surface area (Å²) >= 11 is 1.07. The molecule has 0 saturated carbocycles. The van der Waals surface area contributed by atoms with Crippen LogP contribution in [0.25, 0.3) is 0 Å². The zero-order valence-corrected chi connectivity index (χ0v) is 16.4. The number of amides is 1. The van der Waals surface area contributed by atoms with E-state index in [2.05, 4.69) is 5.32 Å². The lowest BCUT2D eigenvalue weighted by Gasteiger charge is -2.14. The van der Waals surface area contributed by atoms with Crippen LogP contribution in [0.15, 0.2) is 35.7 Å². The lowest BCUT2D eigenvalue weighted by Crippen LogP contribution is -2.21. The topological polar surface area (TPSA) is 90.9 Å². The van der Waals surface area contributed by atoms with Crippen LogP contribution in [0.3, 0.4) is 0 Å². The monoisotopic (exact) mass is 397 g/mol. The summed E-state index contributed by atoms with van der Waals surface area (Å²) in [5.74, 6) is -0.325. The minimum atomic E-state index is -3.22. The van der Waals surface area contributed by atoms with Gasteiger partial charge in [-0.05, 0) is 26.0 Å². The number of hydrogen-bond donors (Lipinski definition) is 1. The van der Waals surface area contributed by atoms with Gasteiger partial charge in [0.1, 0.15) is 15.9 Å². The lowest BCUT2D eigenvalue weighted by molar-refractivity contribution is 0.0529. The van der Waals surface area contributed by atoms with Crippen molar-refractivity contribution in [2.75, 3.05) is 25.2 Å². The third-order valence-corrected chi connectivity index (χ3v) is 6.99. The quantitative estimate of drug-likeness (QED) is 0.559. The number of thiophene rings is 1. The Morgan fingerprint density at radius 2 is 1.85 bits per heavy atom. The highest BCUT2D eigenvalue weighted by molar-refractivity contribution is 7.72. The predicted octanol–water partition coefficient (Wildman–Crippen LogP) is 4.11. The van der Waals surface area contributed by atoms with Crippen LogP contribution >= 0.6 is 18.7 Å². The normalized spacial score (nSPS) is 12.9. The van der Waals surface area contributed by atoms with Crippen LogP contribution in [-0.2, 0) is 13.8 Å². The Kier molecular flexibility index (Phi) is 6.97. The van der Waals surface area contributed by atoms with Gasteiger partial charge in [-0.25, -0.2) is 9.59 Å².